The van der Waals surface area contributed by atoms with Gasteiger partial charge in [-0.25, -0.2) is 8.42 Å². The summed E-state index contributed by atoms with van der Waals surface area (Å²) in [6, 6.07) is 7.88. The van der Waals surface area contributed by atoms with Crippen LogP contribution in [0, 0.1) is 11.3 Å². The number of sulfone groups is 1. The van der Waals surface area contributed by atoms with Gasteiger partial charge in [0, 0.05) is 30.4 Å². The van der Waals surface area contributed by atoms with Gasteiger partial charge in [0.15, 0.2) is 9.84 Å². The van der Waals surface area contributed by atoms with Gasteiger partial charge >= 0.3 is 0 Å². The molecule has 1 unspecified atom stereocenters. The third-order valence-corrected chi connectivity index (χ3v) is 5.92. The minimum Gasteiger partial charge on any atom is -0.329 e. The second-order valence-corrected chi connectivity index (χ2v) is 8.18. The second-order valence-electron chi connectivity index (χ2n) is 5.95. The minimum absolute atomic E-state index is 0.0604. The van der Waals surface area contributed by atoms with E-state index in [1.165, 1.54) is 6.07 Å². The number of hydrogen-bond acceptors (Lipinski definition) is 5. The number of nitriles is 1. The Kier molecular flexibility index (Phi) is 4.59. The van der Waals surface area contributed by atoms with Gasteiger partial charge in [0.2, 0.25) is 0 Å². The average Bonchev–Trinajstić information content (AvgIpc) is 3.09. The second kappa shape index (κ2) is 6.69. The molecule has 3 rings (SSSR count). The highest BCUT2D eigenvalue weighted by Gasteiger charge is 2.36. The quantitative estimate of drug-likeness (QED) is 0.826. The lowest BCUT2D eigenvalue weighted by Crippen LogP contribution is -2.46. The Morgan fingerprint density at radius 2 is 2.24 bits per heavy atom. The van der Waals surface area contributed by atoms with E-state index in [1.54, 1.807) is 40.2 Å². The molecule has 2 heterocycles. The van der Waals surface area contributed by atoms with E-state index in [0.29, 0.717) is 23.2 Å². The minimum atomic E-state index is -3.22. The molecule has 25 heavy (non-hydrogen) atoms. The smallest absolute Gasteiger partial charge is 0.254 e. The van der Waals surface area contributed by atoms with Crippen LogP contribution in [-0.2, 0) is 16.4 Å². The van der Waals surface area contributed by atoms with Gasteiger partial charge in [-0.15, -0.1) is 0 Å². The lowest BCUT2D eigenvalue weighted by atomic mass is 10.1. The van der Waals surface area contributed by atoms with E-state index in [1.807, 2.05) is 13.0 Å². The fourth-order valence-electron chi connectivity index (χ4n) is 2.94. The predicted molar refractivity (Wildman–Crippen MR) is 91.5 cm³/mol. The number of rotatable bonds is 3. The number of benzene rings is 1. The Bertz CT molecular complexity index is 943. The van der Waals surface area contributed by atoms with Gasteiger partial charge in [0.1, 0.15) is 0 Å². The first-order valence-electron chi connectivity index (χ1n) is 7.97. The van der Waals surface area contributed by atoms with Gasteiger partial charge in [-0.05, 0) is 25.1 Å². The monoisotopic (exact) mass is 358 g/mol. The van der Waals surface area contributed by atoms with Gasteiger partial charge < -0.3 is 4.90 Å². The maximum atomic E-state index is 12.9. The van der Waals surface area contributed by atoms with Crippen LogP contribution >= 0.6 is 0 Å². The molecule has 1 atom stereocenters. The molecule has 1 aliphatic rings. The molecule has 0 N–H and O–H groups in total. The van der Waals surface area contributed by atoms with E-state index in [2.05, 4.69) is 5.10 Å². The van der Waals surface area contributed by atoms with E-state index >= 15 is 0 Å². The molecule has 0 bridgehead atoms. The average molecular weight is 358 g/mol. The van der Waals surface area contributed by atoms with Gasteiger partial charge in [-0.2, -0.15) is 10.4 Å². The van der Waals surface area contributed by atoms with Crippen LogP contribution in [0.25, 0.3) is 0 Å². The first-order chi connectivity index (χ1) is 11.9. The van der Waals surface area contributed by atoms with Crippen LogP contribution in [0.5, 0.6) is 0 Å². The largest absolute Gasteiger partial charge is 0.329 e. The van der Waals surface area contributed by atoms with Crippen molar-refractivity contribution in [2.75, 3.05) is 18.1 Å². The summed E-state index contributed by atoms with van der Waals surface area (Å²) in [5.74, 6) is -0.456. The molecule has 1 amide bonds. The van der Waals surface area contributed by atoms with Gasteiger partial charge in [0.05, 0.1) is 35.4 Å². The number of carbonyl (C=O) groups is 1. The summed E-state index contributed by atoms with van der Waals surface area (Å²) in [5, 5.41) is 13.2. The highest BCUT2D eigenvalue weighted by atomic mass is 32.2. The van der Waals surface area contributed by atoms with E-state index in [0.717, 1.165) is 0 Å². The molecule has 130 valence electrons. The lowest BCUT2D eigenvalue weighted by molar-refractivity contribution is 0.0697. The zero-order chi connectivity index (χ0) is 18.0. The maximum absolute atomic E-state index is 12.9. The van der Waals surface area contributed by atoms with Gasteiger partial charge in [-0.1, -0.05) is 6.07 Å². The molecule has 0 spiro atoms. The molecular formula is C17H18N4O3S. The standard InChI is InChI=1S/C17H18N4O3S/c1-2-20-11-15(10-19-20)16-12-25(23,24)7-6-21(16)17(22)14-5-3-4-13(8-14)9-18/h3-5,8,10-11,16H,2,6-7,12H2,1H3. The van der Waals surface area contributed by atoms with E-state index in [9.17, 15) is 13.2 Å². The van der Waals surface area contributed by atoms with Crippen molar-refractivity contribution in [3.63, 3.8) is 0 Å². The topological polar surface area (TPSA) is 96.1 Å². The first-order valence-corrected chi connectivity index (χ1v) is 9.79. The van der Waals surface area contributed by atoms with Crippen molar-refractivity contribution in [3.8, 4) is 6.07 Å². The molecule has 1 fully saturated rings. The Labute approximate surface area is 146 Å². The van der Waals surface area contributed by atoms with Crippen molar-refractivity contribution in [2.24, 2.45) is 0 Å². The third-order valence-electron chi connectivity index (χ3n) is 4.29. The summed E-state index contributed by atoms with van der Waals surface area (Å²) in [6.07, 6.45) is 3.39. The molecule has 0 saturated carbocycles. The number of hydrogen-bond donors (Lipinski definition) is 0. The molecular weight excluding hydrogens is 340 g/mol. The van der Waals surface area contributed by atoms with Crippen molar-refractivity contribution in [1.29, 1.82) is 5.26 Å². The predicted octanol–water partition coefficient (Wildman–Crippen LogP) is 1.39. The summed E-state index contributed by atoms with van der Waals surface area (Å²) in [7, 11) is -3.22. The molecule has 2 aromatic rings. The van der Waals surface area contributed by atoms with E-state index in [4.69, 9.17) is 5.26 Å². The zero-order valence-corrected chi connectivity index (χ0v) is 14.6. The normalized spacial score (nSPS) is 19.4. The molecule has 1 aromatic carbocycles. The van der Waals surface area contributed by atoms with E-state index in [-0.39, 0.29) is 24.0 Å². The van der Waals surface area contributed by atoms with Crippen molar-refractivity contribution in [2.45, 2.75) is 19.5 Å². The molecule has 8 heteroatoms. The van der Waals surface area contributed by atoms with Crippen LogP contribution in [0.2, 0.25) is 0 Å². The summed E-state index contributed by atoms with van der Waals surface area (Å²) in [4.78, 5) is 14.5. The first kappa shape index (κ1) is 17.2. The Morgan fingerprint density at radius 1 is 1.44 bits per heavy atom. The van der Waals surface area contributed by atoms with Crippen molar-refractivity contribution in [3.05, 3.63) is 53.3 Å². The summed E-state index contributed by atoms with van der Waals surface area (Å²) < 4.78 is 25.9. The molecule has 1 aliphatic heterocycles. The number of aryl methyl sites for hydroxylation is 1. The van der Waals surface area contributed by atoms with E-state index < -0.39 is 15.9 Å². The van der Waals surface area contributed by atoms with Crippen LogP contribution in [-0.4, -0.2) is 47.1 Å². The number of aromatic nitrogens is 2. The van der Waals surface area contributed by atoms with Crippen LogP contribution in [0.15, 0.2) is 36.7 Å². The van der Waals surface area contributed by atoms with Crippen molar-refractivity contribution >= 4 is 15.7 Å². The highest BCUT2D eigenvalue weighted by Crippen LogP contribution is 2.28. The van der Waals surface area contributed by atoms with Crippen LogP contribution < -0.4 is 0 Å². The SMILES string of the molecule is CCn1cc(C2CS(=O)(=O)CCN2C(=O)c2cccc(C#N)c2)cn1. The van der Waals surface area contributed by atoms with Crippen molar-refractivity contribution in [1.82, 2.24) is 14.7 Å². The van der Waals surface area contributed by atoms with Crippen molar-refractivity contribution < 1.29 is 13.2 Å². The summed E-state index contributed by atoms with van der Waals surface area (Å²) >= 11 is 0. The lowest BCUT2D eigenvalue weighted by Gasteiger charge is -2.35. The number of nitrogens with zero attached hydrogens (tertiary/aromatic N) is 4. The maximum Gasteiger partial charge on any atom is 0.254 e. The third kappa shape index (κ3) is 3.56. The summed E-state index contributed by atoms with van der Waals surface area (Å²) in [5.41, 5.74) is 1.48. The molecule has 1 saturated heterocycles. The zero-order valence-electron chi connectivity index (χ0n) is 13.8. The van der Waals surface area contributed by atoms with Gasteiger partial charge in [-0.3, -0.25) is 9.48 Å². The molecule has 1 aromatic heterocycles. The molecule has 0 aliphatic carbocycles. The summed E-state index contributed by atoms with van der Waals surface area (Å²) in [6.45, 7) is 2.72. The van der Waals surface area contributed by atoms with Crippen LogP contribution in [0.4, 0.5) is 0 Å². The fraction of sp³-hybridized carbons (Fsp3) is 0.353. The van der Waals surface area contributed by atoms with Crippen LogP contribution in [0.3, 0.4) is 0 Å². The van der Waals surface area contributed by atoms with Gasteiger partial charge in [0.25, 0.3) is 5.91 Å². The fourth-order valence-corrected chi connectivity index (χ4v) is 4.43. The molecule has 7 nitrogen and oxygen atoms in total. The molecule has 0 radical (unpaired) electrons. The Hall–Kier alpha value is -2.66. The number of amides is 1. The Balaban J connectivity index is 1.96. The highest BCUT2D eigenvalue weighted by molar-refractivity contribution is 7.91. The van der Waals surface area contributed by atoms with Crippen LogP contribution in [0.1, 0.15) is 34.5 Å². The number of carbonyl (C=O) groups excluding carboxylic acids is 1. The Morgan fingerprint density at radius 3 is 2.92 bits per heavy atom.